The number of carbonyl (C=O) groups excluding carboxylic acids is 2. The monoisotopic (exact) mass is 479 g/mol. The molecule has 2 amide bonds. The third kappa shape index (κ3) is 4.81. The molecule has 1 unspecified atom stereocenters. The third-order valence-corrected chi connectivity index (χ3v) is 8.25. The number of fused-ring (bicyclic) bond motifs is 3. The van der Waals surface area contributed by atoms with Crippen LogP contribution in [0, 0.1) is 6.92 Å². The quantitative estimate of drug-likeness (QED) is 0.683. The molecule has 2 fully saturated rings. The van der Waals surface area contributed by atoms with E-state index in [0.717, 1.165) is 50.2 Å². The van der Waals surface area contributed by atoms with Gasteiger partial charge in [0.15, 0.2) is 0 Å². The summed E-state index contributed by atoms with van der Waals surface area (Å²) < 4.78 is 7.34. The minimum Gasteiger partial charge on any atom is -0.453 e. The van der Waals surface area contributed by atoms with Crippen LogP contribution >= 0.6 is 0 Å². The summed E-state index contributed by atoms with van der Waals surface area (Å²) in [5, 5.41) is 3.03. The number of nitrogens with zero attached hydrogens (tertiary/aromatic N) is 4. The van der Waals surface area contributed by atoms with Gasteiger partial charge in [-0.3, -0.25) is 9.69 Å². The van der Waals surface area contributed by atoms with E-state index in [1.165, 1.54) is 31.3 Å². The van der Waals surface area contributed by atoms with Gasteiger partial charge in [-0.25, -0.2) is 9.78 Å². The van der Waals surface area contributed by atoms with E-state index in [1.54, 1.807) is 6.92 Å². The summed E-state index contributed by atoms with van der Waals surface area (Å²) in [6, 6.07) is 11.6. The van der Waals surface area contributed by atoms with Gasteiger partial charge in [0.2, 0.25) is 5.91 Å². The molecule has 4 heterocycles. The fraction of sp³-hybridized carbons (Fsp3) is 0.593. The normalized spacial score (nSPS) is 24.7. The average molecular weight is 480 g/mol. The fourth-order valence-electron chi connectivity index (χ4n) is 6.58. The van der Waals surface area contributed by atoms with Crippen molar-refractivity contribution in [3.8, 4) is 0 Å². The summed E-state index contributed by atoms with van der Waals surface area (Å²) in [5.41, 5.74) is 3.53. The Morgan fingerprint density at radius 1 is 1.14 bits per heavy atom. The molecule has 188 valence electrons. The van der Waals surface area contributed by atoms with Gasteiger partial charge in [0.1, 0.15) is 5.82 Å². The Hall–Kier alpha value is -2.87. The lowest BCUT2D eigenvalue weighted by atomic mass is 9.95. The first kappa shape index (κ1) is 23.9. The third-order valence-electron chi connectivity index (χ3n) is 8.25. The van der Waals surface area contributed by atoms with Crippen molar-refractivity contribution >= 4 is 12.0 Å². The predicted molar refractivity (Wildman–Crippen MR) is 133 cm³/mol. The number of rotatable bonds is 6. The zero-order valence-corrected chi connectivity index (χ0v) is 21.1. The van der Waals surface area contributed by atoms with Crippen molar-refractivity contribution < 1.29 is 14.3 Å². The number of amides is 2. The average Bonchev–Trinajstić information content (AvgIpc) is 3.31. The van der Waals surface area contributed by atoms with E-state index in [9.17, 15) is 9.59 Å². The highest BCUT2D eigenvalue weighted by Crippen LogP contribution is 2.43. The van der Waals surface area contributed by atoms with Gasteiger partial charge in [-0.1, -0.05) is 30.3 Å². The Balaban J connectivity index is 1.28. The van der Waals surface area contributed by atoms with Gasteiger partial charge in [0.25, 0.3) is 0 Å². The van der Waals surface area contributed by atoms with Crippen molar-refractivity contribution in [2.45, 2.75) is 83.1 Å². The van der Waals surface area contributed by atoms with Crippen molar-refractivity contribution in [3.63, 3.8) is 0 Å². The molecule has 1 aromatic heterocycles. The van der Waals surface area contributed by atoms with Crippen molar-refractivity contribution in [2.24, 2.45) is 0 Å². The highest BCUT2D eigenvalue weighted by molar-refractivity contribution is 5.73. The summed E-state index contributed by atoms with van der Waals surface area (Å²) in [6.07, 6.45) is 5.97. The summed E-state index contributed by atoms with van der Waals surface area (Å²) in [4.78, 5) is 33.5. The molecular formula is C27H37N5O3. The second kappa shape index (κ2) is 10.0. The van der Waals surface area contributed by atoms with Crippen molar-refractivity contribution in [3.05, 3.63) is 53.1 Å². The maximum absolute atomic E-state index is 12.0. The van der Waals surface area contributed by atoms with Gasteiger partial charge >= 0.3 is 6.09 Å². The minimum atomic E-state index is -0.388. The van der Waals surface area contributed by atoms with E-state index in [1.807, 2.05) is 23.1 Å². The molecule has 35 heavy (non-hydrogen) atoms. The number of aromatic nitrogens is 2. The maximum atomic E-state index is 12.0. The zero-order chi connectivity index (χ0) is 24.5. The van der Waals surface area contributed by atoms with E-state index in [0.29, 0.717) is 24.7 Å². The second-order valence-corrected chi connectivity index (χ2v) is 10.2. The van der Waals surface area contributed by atoms with Crippen LogP contribution in [0.4, 0.5) is 4.79 Å². The molecule has 3 aliphatic heterocycles. The summed E-state index contributed by atoms with van der Waals surface area (Å²) in [7, 11) is 1.41. The van der Waals surface area contributed by atoms with E-state index in [-0.39, 0.29) is 18.0 Å². The van der Waals surface area contributed by atoms with Crippen LogP contribution in [0.1, 0.15) is 73.9 Å². The molecule has 1 aromatic carbocycles. The molecule has 2 saturated heterocycles. The summed E-state index contributed by atoms with van der Waals surface area (Å²) in [6.45, 7) is 6.18. The first-order valence-electron chi connectivity index (χ1n) is 12.9. The lowest BCUT2D eigenvalue weighted by Crippen LogP contribution is -2.45. The lowest BCUT2D eigenvalue weighted by Gasteiger charge is -2.41. The molecular weight excluding hydrogens is 442 g/mol. The molecule has 0 aliphatic carbocycles. The molecule has 0 radical (unpaired) electrons. The van der Waals surface area contributed by atoms with Crippen LogP contribution in [0.15, 0.2) is 30.3 Å². The Labute approximate surface area is 207 Å². The topological polar surface area (TPSA) is 79.7 Å². The van der Waals surface area contributed by atoms with E-state index in [4.69, 9.17) is 9.72 Å². The van der Waals surface area contributed by atoms with Crippen LogP contribution in [-0.4, -0.2) is 63.6 Å². The minimum absolute atomic E-state index is 0.0683. The smallest absolute Gasteiger partial charge is 0.407 e. The Morgan fingerprint density at radius 3 is 2.51 bits per heavy atom. The van der Waals surface area contributed by atoms with Crippen LogP contribution in [-0.2, 0) is 22.5 Å². The van der Waals surface area contributed by atoms with Gasteiger partial charge in [-0.15, -0.1) is 0 Å². The summed E-state index contributed by atoms with van der Waals surface area (Å²) in [5.74, 6) is 1.23. The van der Waals surface area contributed by atoms with Crippen molar-refractivity contribution in [1.82, 2.24) is 24.7 Å². The molecule has 3 aliphatic rings. The van der Waals surface area contributed by atoms with Crippen LogP contribution in [0.25, 0.3) is 0 Å². The van der Waals surface area contributed by atoms with Crippen LogP contribution in [0.3, 0.4) is 0 Å². The number of alkyl carbamates (subject to hydrolysis) is 1. The highest BCUT2D eigenvalue weighted by Gasteiger charge is 2.42. The van der Waals surface area contributed by atoms with Gasteiger partial charge in [0, 0.05) is 44.6 Å². The van der Waals surface area contributed by atoms with Gasteiger partial charge < -0.3 is 19.5 Å². The van der Waals surface area contributed by atoms with E-state index >= 15 is 0 Å². The molecule has 5 rings (SSSR count). The largest absolute Gasteiger partial charge is 0.453 e. The van der Waals surface area contributed by atoms with Crippen LogP contribution in [0.5, 0.6) is 0 Å². The molecule has 4 atom stereocenters. The van der Waals surface area contributed by atoms with E-state index in [2.05, 4.69) is 33.8 Å². The zero-order valence-electron chi connectivity index (χ0n) is 21.1. The number of carbonyl (C=O) groups is 2. The van der Waals surface area contributed by atoms with Crippen molar-refractivity contribution in [2.75, 3.05) is 20.2 Å². The fourth-order valence-corrected chi connectivity index (χ4v) is 6.58. The number of methoxy groups -OCH3 is 1. The van der Waals surface area contributed by atoms with Gasteiger partial charge in [-0.2, -0.15) is 0 Å². The Bertz CT molecular complexity index is 1050. The molecule has 2 aromatic rings. The Morgan fingerprint density at radius 2 is 1.86 bits per heavy atom. The molecule has 2 bridgehead atoms. The molecule has 0 saturated carbocycles. The number of aryl methyl sites for hydroxylation is 1. The number of nitrogens with one attached hydrogen (secondary N) is 1. The molecule has 8 nitrogen and oxygen atoms in total. The first-order valence-corrected chi connectivity index (χ1v) is 12.9. The van der Waals surface area contributed by atoms with Crippen LogP contribution in [0.2, 0.25) is 0 Å². The molecule has 1 N–H and O–H groups in total. The lowest BCUT2D eigenvalue weighted by molar-refractivity contribution is -0.129. The van der Waals surface area contributed by atoms with Crippen molar-refractivity contribution in [1.29, 1.82) is 0 Å². The molecule has 8 heteroatoms. The summed E-state index contributed by atoms with van der Waals surface area (Å²) >= 11 is 0. The standard InChI is InChI=1S/C27H37N5O3/c1-18-28-25-11-13-30(19(2)33)17-26(25)32(18)23-15-21-9-10-22(16-23)31(21)14-12-24(29-27(34)35-3)20-7-5-4-6-8-20/h4-8,21-24H,9-17H2,1-3H3,(H,29,34)/t21-,22+,23?,24-/m0/s1. The number of ether oxygens (including phenoxy) is 1. The van der Waals surface area contributed by atoms with Gasteiger partial charge in [0.05, 0.1) is 31.1 Å². The number of hydrogen-bond acceptors (Lipinski definition) is 5. The van der Waals surface area contributed by atoms with Gasteiger partial charge in [-0.05, 0) is 44.6 Å². The number of hydrogen-bond donors (Lipinski definition) is 1. The van der Waals surface area contributed by atoms with Crippen LogP contribution < -0.4 is 5.32 Å². The maximum Gasteiger partial charge on any atom is 0.407 e. The second-order valence-electron chi connectivity index (χ2n) is 10.2. The van der Waals surface area contributed by atoms with E-state index < -0.39 is 0 Å². The SMILES string of the molecule is COC(=O)N[C@@H](CCN1[C@@H]2CC[C@H]1CC(n1c(C)nc3c1CN(C(C)=O)CC3)C2)c1ccccc1. The predicted octanol–water partition coefficient (Wildman–Crippen LogP) is 3.75. The molecule has 0 spiro atoms. The highest BCUT2D eigenvalue weighted by atomic mass is 16.5. The Kier molecular flexibility index (Phi) is 6.82. The number of piperidine rings is 1. The number of benzene rings is 1. The first-order chi connectivity index (χ1) is 16.9. The number of imidazole rings is 1.